The largest absolute Gasteiger partial charge is 0.294 e. The van der Waals surface area contributed by atoms with Gasteiger partial charge in [0.15, 0.2) is 0 Å². The second-order valence-electron chi connectivity index (χ2n) is 9.38. The molecule has 168 valence electrons. The Labute approximate surface area is 179 Å². The van der Waals surface area contributed by atoms with Crippen LogP contribution in [0.4, 0.5) is 17.8 Å². The summed E-state index contributed by atoms with van der Waals surface area (Å²) in [6.07, 6.45) is 1.85. The molecule has 9 nitrogen and oxygen atoms in total. The normalized spacial score (nSPS) is 12.3. The van der Waals surface area contributed by atoms with Gasteiger partial charge < -0.3 is 0 Å². The highest BCUT2D eigenvalue weighted by atomic mass is 16.2. The quantitative estimate of drug-likeness (QED) is 0.554. The van der Waals surface area contributed by atoms with Crippen LogP contribution >= 0.6 is 0 Å². The Kier molecular flexibility index (Phi) is 8.05. The van der Waals surface area contributed by atoms with Gasteiger partial charge in [0.25, 0.3) is 0 Å². The van der Waals surface area contributed by atoms with Gasteiger partial charge in [-0.2, -0.15) is 15.0 Å². The molecule has 0 radical (unpaired) electrons. The van der Waals surface area contributed by atoms with Crippen molar-refractivity contribution >= 4 is 35.6 Å². The average molecular weight is 421 g/mol. The van der Waals surface area contributed by atoms with Gasteiger partial charge in [-0.05, 0) is 19.3 Å². The fourth-order valence-corrected chi connectivity index (χ4v) is 1.84. The standard InChI is InChI=1S/C21H36N6O3/c1-10-19(4,5)13(28)22-16-25-17(23-14(29)20(6,7)11-2)27-18(26-16)24-15(30)21(8,9)12-3/h10-12H2,1-9H3,(H3,22,23,24,25,26,27,28,29,30). The van der Waals surface area contributed by atoms with E-state index < -0.39 is 16.2 Å². The lowest BCUT2D eigenvalue weighted by Crippen LogP contribution is -2.34. The Morgan fingerprint density at radius 1 is 0.567 bits per heavy atom. The van der Waals surface area contributed by atoms with E-state index in [1.807, 2.05) is 62.3 Å². The lowest BCUT2D eigenvalue weighted by Gasteiger charge is -2.23. The highest BCUT2D eigenvalue weighted by Gasteiger charge is 2.30. The number of carbonyl (C=O) groups excluding carboxylic acids is 3. The molecule has 0 bridgehead atoms. The monoisotopic (exact) mass is 420 g/mol. The third-order valence-electron chi connectivity index (χ3n) is 5.81. The molecule has 3 N–H and O–H groups in total. The molecule has 1 aromatic rings. The Balaban J connectivity index is 3.29. The maximum atomic E-state index is 12.6. The second kappa shape index (κ2) is 9.49. The summed E-state index contributed by atoms with van der Waals surface area (Å²) in [5, 5.41) is 7.99. The lowest BCUT2D eigenvalue weighted by molar-refractivity contribution is -0.124. The van der Waals surface area contributed by atoms with Crippen LogP contribution in [-0.2, 0) is 14.4 Å². The van der Waals surface area contributed by atoms with Gasteiger partial charge in [0.1, 0.15) is 0 Å². The van der Waals surface area contributed by atoms with Crippen molar-refractivity contribution in [2.45, 2.75) is 81.6 Å². The summed E-state index contributed by atoms with van der Waals surface area (Å²) in [4.78, 5) is 50.2. The molecule has 0 aromatic carbocycles. The van der Waals surface area contributed by atoms with Gasteiger partial charge in [0.2, 0.25) is 35.6 Å². The fourth-order valence-electron chi connectivity index (χ4n) is 1.84. The fraction of sp³-hybridized carbons (Fsp3) is 0.714. The molecular formula is C21H36N6O3. The number of aromatic nitrogens is 3. The topological polar surface area (TPSA) is 126 Å². The molecule has 30 heavy (non-hydrogen) atoms. The third kappa shape index (κ3) is 6.47. The van der Waals surface area contributed by atoms with Crippen LogP contribution in [0.25, 0.3) is 0 Å². The summed E-state index contributed by atoms with van der Waals surface area (Å²) in [7, 11) is 0. The summed E-state index contributed by atoms with van der Waals surface area (Å²) in [5.41, 5.74) is -1.89. The van der Waals surface area contributed by atoms with E-state index in [2.05, 4.69) is 30.9 Å². The van der Waals surface area contributed by atoms with Gasteiger partial charge in [-0.15, -0.1) is 0 Å². The first-order valence-corrected chi connectivity index (χ1v) is 10.4. The van der Waals surface area contributed by atoms with Crippen molar-refractivity contribution in [3.8, 4) is 0 Å². The first kappa shape index (κ1) is 25.5. The third-order valence-corrected chi connectivity index (χ3v) is 5.81. The maximum absolute atomic E-state index is 12.6. The molecule has 0 fully saturated rings. The summed E-state index contributed by atoms with van der Waals surface area (Å²) in [6, 6.07) is 0. The Morgan fingerprint density at radius 3 is 0.933 bits per heavy atom. The number of nitrogens with zero attached hydrogens (tertiary/aromatic N) is 3. The van der Waals surface area contributed by atoms with Gasteiger partial charge in [0, 0.05) is 16.2 Å². The van der Waals surface area contributed by atoms with Crippen LogP contribution in [0.1, 0.15) is 81.6 Å². The molecule has 0 aliphatic rings. The van der Waals surface area contributed by atoms with E-state index in [1.165, 1.54) is 0 Å². The van der Waals surface area contributed by atoms with E-state index in [1.54, 1.807) is 0 Å². The molecule has 3 amide bonds. The highest BCUT2D eigenvalue weighted by molar-refractivity contribution is 5.96. The van der Waals surface area contributed by atoms with Crippen LogP contribution in [0.3, 0.4) is 0 Å². The van der Waals surface area contributed by atoms with E-state index in [0.29, 0.717) is 19.3 Å². The molecule has 0 atom stereocenters. The number of rotatable bonds is 9. The first-order chi connectivity index (χ1) is 13.7. The highest BCUT2D eigenvalue weighted by Crippen LogP contribution is 2.25. The molecule has 0 aliphatic carbocycles. The molecule has 1 heterocycles. The van der Waals surface area contributed by atoms with Crippen molar-refractivity contribution in [3.63, 3.8) is 0 Å². The minimum Gasteiger partial charge on any atom is -0.294 e. The van der Waals surface area contributed by atoms with Crippen LogP contribution in [0, 0.1) is 16.2 Å². The molecule has 0 unspecified atom stereocenters. The zero-order chi connectivity index (χ0) is 23.3. The van der Waals surface area contributed by atoms with Crippen molar-refractivity contribution in [3.05, 3.63) is 0 Å². The number of hydrogen-bond donors (Lipinski definition) is 3. The zero-order valence-electron chi connectivity index (χ0n) is 19.7. The SMILES string of the molecule is CCC(C)(C)C(=O)Nc1nc(NC(=O)C(C)(C)CC)nc(NC(=O)C(C)(C)CC)n1. The Hall–Kier alpha value is -2.58. The van der Waals surface area contributed by atoms with Crippen LogP contribution in [-0.4, -0.2) is 32.7 Å². The lowest BCUT2D eigenvalue weighted by atomic mass is 9.89. The van der Waals surface area contributed by atoms with E-state index in [9.17, 15) is 14.4 Å². The van der Waals surface area contributed by atoms with E-state index in [-0.39, 0.29) is 35.6 Å². The van der Waals surface area contributed by atoms with Crippen molar-refractivity contribution < 1.29 is 14.4 Å². The number of nitrogens with one attached hydrogen (secondary N) is 3. The summed E-state index contributed by atoms with van der Waals surface area (Å²) >= 11 is 0. The van der Waals surface area contributed by atoms with Crippen LogP contribution in [0.2, 0.25) is 0 Å². The zero-order valence-corrected chi connectivity index (χ0v) is 19.7. The molecule has 0 saturated heterocycles. The molecule has 0 saturated carbocycles. The van der Waals surface area contributed by atoms with Crippen molar-refractivity contribution in [1.29, 1.82) is 0 Å². The molecule has 9 heteroatoms. The van der Waals surface area contributed by atoms with Crippen molar-refractivity contribution in [2.24, 2.45) is 16.2 Å². The Morgan fingerprint density at radius 2 is 0.767 bits per heavy atom. The molecule has 1 aromatic heterocycles. The predicted octanol–water partition coefficient (Wildman–Crippen LogP) is 4.00. The number of anilines is 3. The molecular weight excluding hydrogens is 384 g/mol. The van der Waals surface area contributed by atoms with Crippen molar-refractivity contribution in [1.82, 2.24) is 15.0 Å². The summed E-state index contributed by atoms with van der Waals surface area (Å²) in [5.74, 6) is -0.919. The molecule has 1 rings (SSSR count). The molecule has 0 aliphatic heterocycles. The second-order valence-corrected chi connectivity index (χ2v) is 9.38. The summed E-state index contributed by atoms with van der Waals surface area (Å²) < 4.78 is 0. The van der Waals surface area contributed by atoms with Gasteiger partial charge in [0.05, 0.1) is 0 Å². The van der Waals surface area contributed by atoms with Crippen LogP contribution in [0.5, 0.6) is 0 Å². The van der Waals surface area contributed by atoms with E-state index >= 15 is 0 Å². The maximum Gasteiger partial charge on any atom is 0.236 e. The van der Waals surface area contributed by atoms with Gasteiger partial charge in [-0.25, -0.2) is 0 Å². The van der Waals surface area contributed by atoms with E-state index in [0.717, 1.165) is 0 Å². The predicted molar refractivity (Wildman–Crippen MR) is 118 cm³/mol. The smallest absolute Gasteiger partial charge is 0.236 e. The Bertz CT molecular complexity index is 685. The van der Waals surface area contributed by atoms with Gasteiger partial charge >= 0.3 is 0 Å². The minimum absolute atomic E-state index is 0.0364. The van der Waals surface area contributed by atoms with Crippen LogP contribution < -0.4 is 16.0 Å². The first-order valence-electron chi connectivity index (χ1n) is 10.4. The van der Waals surface area contributed by atoms with Crippen molar-refractivity contribution in [2.75, 3.05) is 16.0 Å². The number of hydrogen-bond acceptors (Lipinski definition) is 6. The average Bonchev–Trinajstić information content (AvgIpc) is 2.67. The minimum atomic E-state index is -0.631. The van der Waals surface area contributed by atoms with E-state index in [4.69, 9.17) is 0 Å². The number of carbonyl (C=O) groups is 3. The van der Waals surface area contributed by atoms with Gasteiger partial charge in [-0.3, -0.25) is 30.3 Å². The molecule has 0 spiro atoms. The number of amides is 3. The van der Waals surface area contributed by atoms with Gasteiger partial charge in [-0.1, -0.05) is 62.3 Å². The van der Waals surface area contributed by atoms with Crippen LogP contribution in [0.15, 0.2) is 0 Å². The summed E-state index contributed by atoms with van der Waals surface area (Å²) in [6.45, 7) is 16.6.